The van der Waals surface area contributed by atoms with Gasteiger partial charge in [0.1, 0.15) is 0 Å². The van der Waals surface area contributed by atoms with Crippen LogP contribution >= 0.6 is 0 Å². The summed E-state index contributed by atoms with van der Waals surface area (Å²) in [4.78, 5) is 8.19. The minimum absolute atomic E-state index is 0. The molecular formula is C36H41IrN8O4-3. The van der Waals surface area contributed by atoms with Crippen LogP contribution in [-0.2, 0) is 34.2 Å². The molecule has 13 heteroatoms. The molecule has 0 bridgehead atoms. The number of pyridine rings is 1. The molecule has 0 fully saturated rings. The Balaban J connectivity index is 0.000000201. The van der Waals surface area contributed by atoms with Gasteiger partial charge in [-0.3, -0.25) is 10.1 Å². The van der Waals surface area contributed by atoms with E-state index in [4.69, 9.17) is 18.9 Å². The number of hydrogen-bond acceptors (Lipinski definition) is 7. The summed E-state index contributed by atoms with van der Waals surface area (Å²) in [7, 11) is 10.5. The Kier molecular flexibility index (Phi) is 13.7. The summed E-state index contributed by atoms with van der Waals surface area (Å²) in [6.07, 6.45) is 8.15. The van der Waals surface area contributed by atoms with E-state index in [1.165, 1.54) is 0 Å². The van der Waals surface area contributed by atoms with Crippen molar-refractivity contribution in [2.24, 2.45) is 14.1 Å². The second-order valence-corrected chi connectivity index (χ2v) is 10.6. The zero-order chi connectivity index (χ0) is 35.0. The third-order valence-electron chi connectivity index (χ3n) is 7.75. The first-order valence-electron chi connectivity index (χ1n) is 15.0. The summed E-state index contributed by atoms with van der Waals surface area (Å²) in [5, 5.41) is 7.65. The van der Waals surface area contributed by atoms with Crippen LogP contribution in [0.15, 0.2) is 48.7 Å². The van der Waals surface area contributed by atoms with Gasteiger partial charge in [0.2, 0.25) is 12.7 Å². The van der Waals surface area contributed by atoms with Crippen LogP contribution in [0.2, 0.25) is 0 Å². The second kappa shape index (κ2) is 17.4. The predicted octanol–water partition coefficient (Wildman–Crippen LogP) is 3.87. The van der Waals surface area contributed by atoms with E-state index >= 15 is 0 Å². The van der Waals surface area contributed by atoms with Gasteiger partial charge < -0.3 is 47.3 Å². The molecule has 0 aliphatic carbocycles. The van der Waals surface area contributed by atoms with E-state index in [2.05, 4.69) is 58.8 Å². The standard InChI is InChI=1S/2C14H17N2O2.C8H7N4.Ir/c2*1-10-11(2)16(9-15(10)3)13-7-6-12(17-4)8-14(13)18-5;1-6-10-8(12-11-6)7-4-2-3-5-9-7;/h2*6,8H,1-5H3;2-5H,1H3;/q3*-1;. The van der Waals surface area contributed by atoms with Crippen molar-refractivity contribution in [3.05, 3.63) is 102 Å². The zero-order valence-electron chi connectivity index (χ0n) is 29.7. The van der Waals surface area contributed by atoms with Gasteiger partial charge in [-0.1, -0.05) is 18.2 Å². The quantitative estimate of drug-likeness (QED) is 0.176. The van der Waals surface area contributed by atoms with Gasteiger partial charge >= 0.3 is 0 Å². The normalized spacial score (nSPS) is 10.2. The SMILES string of the molecule is COc1c[c-]c(-n2[c-][n+](C)c(C)c2C)c(OC)c1.COc1c[c-]c(-n2[c-][n+](C)c(C)c2C)c(OC)c1.Cc1n[n-]c(-c2ccccn2)n1.[Ir]. The van der Waals surface area contributed by atoms with Crippen LogP contribution in [0, 0.1) is 59.4 Å². The molecule has 0 aliphatic heterocycles. The molecule has 2 aromatic carbocycles. The molecule has 0 atom stereocenters. The zero-order valence-corrected chi connectivity index (χ0v) is 32.1. The summed E-state index contributed by atoms with van der Waals surface area (Å²) >= 11 is 0. The number of imidazole rings is 2. The van der Waals surface area contributed by atoms with E-state index in [0.29, 0.717) is 23.1 Å². The Morgan fingerprint density at radius 3 is 1.53 bits per heavy atom. The van der Waals surface area contributed by atoms with Crippen LogP contribution in [0.25, 0.3) is 22.9 Å². The van der Waals surface area contributed by atoms with Gasteiger partial charge in [0, 0.05) is 77.9 Å². The number of ether oxygens (including phenoxy) is 4. The fraction of sp³-hybridized carbons (Fsp3) is 0.306. The van der Waals surface area contributed by atoms with Crippen LogP contribution in [0.5, 0.6) is 23.0 Å². The first-order chi connectivity index (χ1) is 23.0. The van der Waals surface area contributed by atoms with Crippen molar-refractivity contribution in [2.45, 2.75) is 34.6 Å². The molecule has 0 aliphatic rings. The molecule has 12 nitrogen and oxygen atoms in total. The monoisotopic (exact) mass is 842 g/mol. The van der Waals surface area contributed by atoms with Crippen LogP contribution < -0.4 is 33.2 Å². The summed E-state index contributed by atoms with van der Waals surface area (Å²) in [6.45, 7) is 10.0. The van der Waals surface area contributed by atoms with Gasteiger partial charge in [0.15, 0.2) is 0 Å². The maximum atomic E-state index is 5.39. The molecule has 4 aromatic heterocycles. The van der Waals surface area contributed by atoms with Gasteiger partial charge in [0.25, 0.3) is 0 Å². The molecule has 1 radical (unpaired) electrons. The number of aromatic nitrogens is 8. The van der Waals surface area contributed by atoms with Gasteiger partial charge in [-0.05, 0) is 64.0 Å². The molecule has 4 heterocycles. The first kappa shape index (κ1) is 38.4. The molecule has 0 unspecified atom stereocenters. The predicted molar refractivity (Wildman–Crippen MR) is 178 cm³/mol. The maximum Gasteiger partial charge on any atom is 0.241 e. The molecule has 0 N–H and O–H groups in total. The third-order valence-corrected chi connectivity index (χ3v) is 7.75. The maximum absolute atomic E-state index is 5.39. The number of aryl methyl sites for hydroxylation is 3. The third kappa shape index (κ3) is 8.92. The van der Waals surface area contributed by atoms with Crippen LogP contribution in [-0.4, -0.2) is 52.6 Å². The van der Waals surface area contributed by atoms with Gasteiger partial charge in [-0.15, -0.1) is 12.1 Å². The number of benzene rings is 2. The van der Waals surface area contributed by atoms with Crippen molar-refractivity contribution in [1.29, 1.82) is 0 Å². The van der Waals surface area contributed by atoms with E-state index in [0.717, 1.165) is 51.3 Å². The Hall–Kier alpha value is -5.00. The second-order valence-electron chi connectivity index (χ2n) is 10.6. The van der Waals surface area contributed by atoms with Gasteiger partial charge in [-0.25, -0.2) is 0 Å². The Bertz CT molecular complexity index is 1860. The number of rotatable bonds is 7. The average molecular weight is 842 g/mol. The Morgan fingerprint density at radius 1 is 0.714 bits per heavy atom. The van der Waals surface area contributed by atoms with Crippen LogP contribution in [0.1, 0.15) is 28.6 Å². The summed E-state index contributed by atoms with van der Waals surface area (Å²) in [5.41, 5.74) is 6.95. The summed E-state index contributed by atoms with van der Waals surface area (Å²) in [6, 6.07) is 19.2. The molecule has 0 saturated carbocycles. The number of hydrogen-bond donors (Lipinski definition) is 0. The molecule has 6 aromatic rings. The summed E-state index contributed by atoms with van der Waals surface area (Å²) < 4.78 is 28.9. The smallest absolute Gasteiger partial charge is 0.241 e. The minimum Gasteiger partial charge on any atom is -0.560 e. The molecule has 261 valence electrons. The fourth-order valence-corrected chi connectivity index (χ4v) is 4.56. The number of nitrogens with zero attached hydrogens (tertiary/aromatic N) is 8. The van der Waals surface area contributed by atoms with Crippen molar-refractivity contribution in [1.82, 2.24) is 29.3 Å². The topological polar surface area (TPSA) is 107 Å². The van der Waals surface area contributed by atoms with Crippen molar-refractivity contribution in [3.8, 4) is 45.9 Å². The molecule has 49 heavy (non-hydrogen) atoms. The van der Waals surface area contributed by atoms with E-state index in [1.807, 2.05) is 76.5 Å². The van der Waals surface area contributed by atoms with E-state index < -0.39 is 0 Å². The van der Waals surface area contributed by atoms with E-state index in [9.17, 15) is 0 Å². The largest absolute Gasteiger partial charge is 0.560 e. The molecular weight excluding hydrogens is 801 g/mol. The van der Waals surface area contributed by atoms with Crippen LogP contribution in [0.4, 0.5) is 0 Å². The summed E-state index contributed by atoms with van der Waals surface area (Å²) in [5.74, 6) is 4.14. The Labute approximate surface area is 301 Å². The molecule has 0 spiro atoms. The van der Waals surface area contributed by atoms with Crippen molar-refractivity contribution < 1.29 is 48.2 Å². The van der Waals surface area contributed by atoms with E-state index in [-0.39, 0.29) is 20.1 Å². The molecule has 0 saturated heterocycles. The molecule has 0 amide bonds. The number of methoxy groups -OCH3 is 4. The minimum atomic E-state index is 0. The van der Waals surface area contributed by atoms with Gasteiger partial charge in [0.05, 0.1) is 48.2 Å². The molecule has 6 rings (SSSR count). The van der Waals surface area contributed by atoms with Crippen LogP contribution in [0.3, 0.4) is 0 Å². The van der Waals surface area contributed by atoms with Crippen molar-refractivity contribution >= 4 is 0 Å². The van der Waals surface area contributed by atoms with E-state index in [1.54, 1.807) is 53.7 Å². The van der Waals surface area contributed by atoms with Gasteiger partial charge in [-0.2, -0.15) is 12.1 Å². The van der Waals surface area contributed by atoms with Crippen molar-refractivity contribution in [2.75, 3.05) is 28.4 Å². The average Bonchev–Trinajstić information content (AvgIpc) is 3.75. The fourth-order valence-electron chi connectivity index (χ4n) is 4.56. The van der Waals surface area contributed by atoms with Crippen molar-refractivity contribution in [3.63, 3.8) is 0 Å². The first-order valence-corrected chi connectivity index (χ1v) is 15.0. The Morgan fingerprint density at radius 2 is 1.20 bits per heavy atom.